The fourth-order valence-electron chi connectivity index (χ4n) is 3.59. The molecule has 11 heteroatoms. The first-order valence-corrected chi connectivity index (χ1v) is 11.2. The number of aromatic nitrogens is 2. The van der Waals surface area contributed by atoms with Crippen molar-refractivity contribution in [1.82, 2.24) is 15.3 Å². The third kappa shape index (κ3) is 5.91. The summed E-state index contributed by atoms with van der Waals surface area (Å²) in [5.74, 6) is -2.79. The molecule has 1 unspecified atom stereocenters. The number of alkyl halides is 2. The minimum atomic E-state index is -2.60. The number of nitrogens with zero attached hydrogens (tertiary/aromatic N) is 2. The predicted molar refractivity (Wildman–Crippen MR) is 111 cm³/mol. The number of hydrogen-bond acceptors (Lipinski definition) is 7. The highest BCUT2D eigenvalue weighted by Gasteiger charge is 2.57. The molecule has 2 aliphatic carbocycles. The summed E-state index contributed by atoms with van der Waals surface area (Å²) in [5.41, 5.74) is 5.76. The lowest BCUT2D eigenvalue weighted by Gasteiger charge is -2.29. The molecule has 0 spiro atoms. The second-order valence-corrected chi connectivity index (χ2v) is 9.20. The lowest BCUT2D eigenvalue weighted by Crippen LogP contribution is -2.40. The molecule has 2 fully saturated rings. The first-order chi connectivity index (χ1) is 14.8. The van der Waals surface area contributed by atoms with Gasteiger partial charge in [-0.1, -0.05) is 11.3 Å². The fraction of sp³-hybridized carbons (Fsp3) is 0.650. The molecule has 0 radical (unpaired) electrons. The van der Waals surface area contributed by atoms with Gasteiger partial charge in [-0.2, -0.15) is 0 Å². The van der Waals surface area contributed by atoms with Gasteiger partial charge in [0.15, 0.2) is 0 Å². The number of urea groups is 1. The molecular formula is C20H26F2N4O4S. The van der Waals surface area contributed by atoms with Crippen LogP contribution in [0.25, 0.3) is 10.2 Å². The van der Waals surface area contributed by atoms with Crippen LogP contribution in [0, 0.1) is 5.92 Å². The van der Waals surface area contributed by atoms with Crippen molar-refractivity contribution in [3.8, 4) is 11.1 Å². The number of ether oxygens (including phenoxy) is 3. The van der Waals surface area contributed by atoms with E-state index in [-0.39, 0.29) is 31.3 Å². The second-order valence-electron chi connectivity index (χ2n) is 8.20. The van der Waals surface area contributed by atoms with Crippen molar-refractivity contribution in [2.75, 3.05) is 13.2 Å². The fourth-order valence-corrected chi connectivity index (χ4v) is 4.42. The van der Waals surface area contributed by atoms with Crippen molar-refractivity contribution in [2.45, 2.75) is 63.2 Å². The van der Waals surface area contributed by atoms with E-state index >= 15 is 0 Å². The summed E-state index contributed by atoms with van der Waals surface area (Å²) in [6, 6.07) is 1.13. The van der Waals surface area contributed by atoms with E-state index in [1.807, 2.05) is 13.0 Å². The van der Waals surface area contributed by atoms with E-state index in [9.17, 15) is 13.6 Å². The largest absolute Gasteiger partial charge is 0.474 e. The molecule has 31 heavy (non-hydrogen) atoms. The maximum absolute atomic E-state index is 13.0. The van der Waals surface area contributed by atoms with Gasteiger partial charge in [0.05, 0.1) is 42.2 Å². The summed E-state index contributed by atoms with van der Waals surface area (Å²) in [4.78, 5) is 19.4. The Morgan fingerprint density at radius 2 is 2.06 bits per heavy atom. The second kappa shape index (κ2) is 9.07. The maximum atomic E-state index is 13.0. The molecule has 0 bridgehead atoms. The monoisotopic (exact) mass is 456 g/mol. The Morgan fingerprint density at radius 1 is 1.35 bits per heavy atom. The molecule has 0 aliphatic heterocycles. The van der Waals surface area contributed by atoms with Crippen molar-refractivity contribution in [3.05, 3.63) is 12.3 Å². The first-order valence-electron chi connectivity index (χ1n) is 10.4. The molecular weight excluding hydrogens is 430 g/mol. The van der Waals surface area contributed by atoms with Crippen LogP contribution < -0.4 is 20.5 Å². The van der Waals surface area contributed by atoms with Gasteiger partial charge >= 0.3 is 6.03 Å². The molecule has 3 N–H and O–H groups in total. The number of hydrogen-bond donors (Lipinski definition) is 2. The van der Waals surface area contributed by atoms with Crippen LogP contribution in [0.2, 0.25) is 0 Å². The Labute approximate surface area is 182 Å². The van der Waals surface area contributed by atoms with Gasteiger partial charge in [-0.3, -0.25) is 0 Å². The number of thiazole rings is 1. The Morgan fingerprint density at radius 3 is 2.74 bits per heavy atom. The lowest BCUT2D eigenvalue weighted by atomic mass is 9.95. The number of carbonyl (C=O) groups excluding carboxylic acids is 1. The van der Waals surface area contributed by atoms with Gasteiger partial charge in [0.25, 0.3) is 11.1 Å². The van der Waals surface area contributed by atoms with Crippen molar-refractivity contribution in [2.24, 2.45) is 11.7 Å². The molecule has 2 aromatic rings. The van der Waals surface area contributed by atoms with Gasteiger partial charge < -0.3 is 25.3 Å². The van der Waals surface area contributed by atoms with Crippen LogP contribution in [0.15, 0.2) is 12.3 Å². The van der Waals surface area contributed by atoms with Crippen LogP contribution in [0.5, 0.6) is 11.1 Å². The van der Waals surface area contributed by atoms with E-state index in [0.717, 1.165) is 30.4 Å². The molecule has 0 saturated heterocycles. The number of pyridine rings is 1. The summed E-state index contributed by atoms with van der Waals surface area (Å²) in [6.07, 6.45) is 5.08. The van der Waals surface area contributed by atoms with Crippen LogP contribution in [-0.2, 0) is 4.74 Å². The van der Waals surface area contributed by atoms with Crippen LogP contribution in [-0.4, -0.2) is 53.4 Å². The van der Waals surface area contributed by atoms with Crippen LogP contribution in [0.1, 0.15) is 39.0 Å². The van der Waals surface area contributed by atoms with Gasteiger partial charge in [0.1, 0.15) is 11.6 Å². The molecule has 170 valence electrons. The summed E-state index contributed by atoms with van der Waals surface area (Å²) in [5, 5.41) is 2.96. The van der Waals surface area contributed by atoms with E-state index < -0.39 is 17.9 Å². The van der Waals surface area contributed by atoms with Crippen molar-refractivity contribution < 1.29 is 27.8 Å². The SMILES string of the molecule is C[C@@H](COC1CCC(Oc2cc3sc(OCC4CC4(F)F)nc3cn2)CC1)NC(N)=O. The van der Waals surface area contributed by atoms with Gasteiger partial charge in [-0.25, -0.2) is 23.5 Å². The lowest BCUT2D eigenvalue weighted by molar-refractivity contribution is -0.00426. The molecule has 2 amide bonds. The maximum Gasteiger partial charge on any atom is 0.312 e. The molecule has 8 nitrogen and oxygen atoms in total. The molecule has 4 rings (SSSR count). The minimum absolute atomic E-state index is 0.0215. The zero-order chi connectivity index (χ0) is 22.0. The number of primary amides is 1. The predicted octanol–water partition coefficient (Wildman–Crippen LogP) is 3.49. The third-order valence-electron chi connectivity index (χ3n) is 5.47. The molecule has 0 aromatic carbocycles. The third-order valence-corrected chi connectivity index (χ3v) is 6.40. The van der Waals surface area contributed by atoms with Crippen LogP contribution >= 0.6 is 11.3 Å². The molecule has 2 aliphatic rings. The van der Waals surface area contributed by atoms with E-state index in [1.54, 1.807) is 6.20 Å². The summed E-state index contributed by atoms with van der Waals surface area (Å²) in [6.45, 7) is 2.25. The number of rotatable bonds is 9. The average Bonchev–Trinajstić information content (AvgIpc) is 3.13. The van der Waals surface area contributed by atoms with E-state index in [0.29, 0.717) is 23.2 Å². The number of amides is 2. The van der Waals surface area contributed by atoms with Gasteiger partial charge in [-0.15, -0.1) is 0 Å². The van der Waals surface area contributed by atoms with Crippen molar-refractivity contribution in [1.29, 1.82) is 0 Å². The summed E-state index contributed by atoms with van der Waals surface area (Å²) >= 11 is 1.30. The first kappa shape index (κ1) is 21.9. The Hall–Kier alpha value is -2.27. The number of fused-ring (bicyclic) bond motifs is 1. The molecule has 2 heterocycles. The zero-order valence-electron chi connectivity index (χ0n) is 17.2. The Bertz CT molecular complexity index is 920. The quantitative estimate of drug-likeness (QED) is 0.598. The Kier molecular flexibility index (Phi) is 6.42. The normalized spacial score (nSPS) is 25.7. The minimum Gasteiger partial charge on any atom is -0.474 e. The van der Waals surface area contributed by atoms with Crippen LogP contribution in [0.4, 0.5) is 13.6 Å². The smallest absolute Gasteiger partial charge is 0.312 e. The van der Waals surface area contributed by atoms with Crippen molar-refractivity contribution >= 4 is 27.6 Å². The molecule has 2 atom stereocenters. The van der Waals surface area contributed by atoms with Gasteiger partial charge in [0, 0.05) is 12.5 Å². The highest BCUT2D eigenvalue weighted by Crippen LogP contribution is 2.48. The van der Waals surface area contributed by atoms with E-state index in [2.05, 4.69) is 15.3 Å². The summed E-state index contributed by atoms with van der Waals surface area (Å²) < 4.78 is 44.1. The number of nitrogens with two attached hydrogens (primary N) is 1. The number of nitrogens with one attached hydrogen (secondary N) is 1. The summed E-state index contributed by atoms with van der Waals surface area (Å²) in [7, 11) is 0. The number of carbonyl (C=O) groups is 1. The molecule has 2 saturated carbocycles. The zero-order valence-corrected chi connectivity index (χ0v) is 18.0. The van der Waals surface area contributed by atoms with Crippen molar-refractivity contribution in [3.63, 3.8) is 0 Å². The highest BCUT2D eigenvalue weighted by molar-refractivity contribution is 7.20. The standard InChI is InChI=1S/C20H26F2N4O4S/c1-11(25-18(23)27)9-28-13-2-4-14(5-3-13)30-17-6-16-15(8-24-17)26-19(31-16)29-10-12-7-20(12,21)22/h6,8,11-14H,2-5,7,9-10H2,1H3,(H3,23,25,27)/t11-,12?,13?,14?/m0/s1. The molecule has 2 aromatic heterocycles. The Balaban J connectivity index is 1.23. The van der Waals surface area contributed by atoms with E-state index in [4.69, 9.17) is 19.9 Å². The van der Waals surface area contributed by atoms with E-state index in [1.165, 1.54) is 11.3 Å². The van der Waals surface area contributed by atoms with Gasteiger partial charge in [0.2, 0.25) is 5.88 Å². The van der Waals surface area contributed by atoms with Crippen LogP contribution in [0.3, 0.4) is 0 Å². The topological polar surface area (TPSA) is 109 Å². The van der Waals surface area contributed by atoms with Gasteiger partial charge in [-0.05, 0) is 32.6 Å². The number of halogens is 2. The highest BCUT2D eigenvalue weighted by atomic mass is 32.1. The average molecular weight is 457 g/mol.